The fourth-order valence-electron chi connectivity index (χ4n) is 3.90. The van der Waals surface area contributed by atoms with Crippen LogP contribution >= 0.6 is 11.6 Å². The Morgan fingerprint density at radius 3 is 2.53 bits per heavy atom. The Morgan fingerprint density at radius 1 is 1.03 bits per heavy atom. The summed E-state index contributed by atoms with van der Waals surface area (Å²) >= 11 is 6.28. The molecule has 30 heavy (non-hydrogen) atoms. The van der Waals surface area contributed by atoms with Gasteiger partial charge >= 0.3 is 0 Å². The molecule has 0 bridgehead atoms. The summed E-state index contributed by atoms with van der Waals surface area (Å²) in [7, 11) is 0. The van der Waals surface area contributed by atoms with Gasteiger partial charge in [-0.15, -0.1) is 0 Å². The van der Waals surface area contributed by atoms with Gasteiger partial charge in [-0.2, -0.15) is 0 Å². The Bertz CT molecular complexity index is 913. The first-order valence-corrected chi connectivity index (χ1v) is 10.7. The third-order valence-electron chi connectivity index (χ3n) is 5.35. The van der Waals surface area contributed by atoms with E-state index in [4.69, 9.17) is 21.1 Å². The number of nitrogens with one attached hydrogen (secondary N) is 1. The standard InChI is InChI=1S/C23H25ClN2O4/c24-18-12-17(14-20-22(18)30-11-10-29-20)15-21(27)25-19(13-16-6-2-1-3-7-16)23(28)26-8-4-5-9-26/h1-3,6-7,12,14,19H,4-5,8-11,13,15H2,(H,25,27). The van der Waals surface area contributed by atoms with Gasteiger partial charge in [0.2, 0.25) is 11.8 Å². The van der Waals surface area contributed by atoms with E-state index in [1.165, 1.54) is 0 Å². The molecule has 0 aliphatic carbocycles. The Labute approximate surface area is 181 Å². The summed E-state index contributed by atoms with van der Waals surface area (Å²) in [5, 5.41) is 3.37. The first-order valence-electron chi connectivity index (χ1n) is 10.3. The van der Waals surface area contributed by atoms with Crippen LogP contribution in [0.15, 0.2) is 42.5 Å². The summed E-state index contributed by atoms with van der Waals surface area (Å²) in [6.07, 6.45) is 2.58. The molecule has 1 unspecified atom stereocenters. The normalized spacial score (nSPS) is 16.2. The van der Waals surface area contributed by atoms with E-state index in [1.807, 2.05) is 35.2 Å². The van der Waals surface area contributed by atoms with Crippen LogP contribution in [0.2, 0.25) is 5.02 Å². The number of amides is 2. The van der Waals surface area contributed by atoms with Crippen molar-refractivity contribution < 1.29 is 19.1 Å². The molecule has 2 aromatic carbocycles. The predicted octanol–water partition coefficient (Wildman–Crippen LogP) is 3.00. The lowest BCUT2D eigenvalue weighted by atomic mass is 10.0. The van der Waals surface area contributed by atoms with Crippen molar-refractivity contribution in [2.45, 2.75) is 31.7 Å². The maximum Gasteiger partial charge on any atom is 0.245 e. The third kappa shape index (κ3) is 4.87. The third-order valence-corrected chi connectivity index (χ3v) is 5.64. The van der Waals surface area contributed by atoms with Crippen LogP contribution in [0, 0.1) is 0 Å². The molecule has 158 valence electrons. The van der Waals surface area contributed by atoms with E-state index in [-0.39, 0.29) is 18.2 Å². The molecule has 0 radical (unpaired) electrons. The van der Waals surface area contributed by atoms with Gasteiger partial charge in [0, 0.05) is 19.5 Å². The van der Waals surface area contributed by atoms with Gasteiger partial charge in [-0.25, -0.2) is 0 Å². The number of rotatable bonds is 6. The number of halogens is 1. The predicted molar refractivity (Wildman–Crippen MR) is 114 cm³/mol. The highest BCUT2D eigenvalue weighted by Gasteiger charge is 2.28. The molecule has 1 fully saturated rings. The second kappa shape index (κ2) is 9.39. The molecule has 2 aromatic rings. The van der Waals surface area contributed by atoms with E-state index in [1.54, 1.807) is 12.1 Å². The van der Waals surface area contributed by atoms with Crippen molar-refractivity contribution in [3.05, 3.63) is 58.6 Å². The van der Waals surface area contributed by atoms with E-state index in [0.29, 0.717) is 41.7 Å². The van der Waals surface area contributed by atoms with E-state index >= 15 is 0 Å². The number of ether oxygens (including phenoxy) is 2. The molecular formula is C23H25ClN2O4. The topological polar surface area (TPSA) is 67.9 Å². The van der Waals surface area contributed by atoms with E-state index in [2.05, 4.69) is 5.32 Å². The molecule has 2 heterocycles. The van der Waals surface area contributed by atoms with E-state index < -0.39 is 6.04 Å². The van der Waals surface area contributed by atoms with Crippen molar-refractivity contribution in [1.29, 1.82) is 0 Å². The minimum atomic E-state index is -0.592. The van der Waals surface area contributed by atoms with Crippen LogP contribution in [-0.4, -0.2) is 49.1 Å². The molecule has 0 aromatic heterocycles. The zero-order chi connectivity index (χ0) is 20.9. The van der Waals surface area contributed by atoms with Gasteiger partial charge in [-0.1, -0.05) is 41.9 Å². The number of carbonyl (C=O) groups is 2. The molecule has 2 aliphatic heterocycles. The number of fused-ring (bicyclic) bond motifs is 1. The number of nitrogens with zero attached hydrogens (tertiary/aromatic N) is 1. The Hall–Kier alpha value is -2.73. The van der Waals surface area contributed by atoms with Gasteiger partial charge in [-0.3, -0.25) is 9.59 Å². The first kappa shape index (κ1) is 20.5. The summed E-state index contributed by atoms with van der Waals surface area (Å²) in [4.78, 5) is 27.7. The van der Waals surface area contributed by atoms with Crippen molar-refractivity contribution >= 4 is 23.4 Å². The van der Waals surface area contributed by atoms with Gasteiger partial charge in [0.25, 0.3) is 0 Å². The van der Waals surface area contributed by atoms with Gasteiger partial charge in [0.1, 0.15) is 19.3 Å². The van der Waals surface area contributed by atoms with Gasteiger partial charge in [0.05, 0.1) is 11.4 Å². The molecule has 6 nitrogen and oxygen atoms in total. The summed E-state index contributed by atoms with van der Waals surface area (Å²) in [5.74, 6) is 0.810. The first-order chi connectivity index (χ1) is 14.6. The number of hydrogen-bond acceptors (Lipinski definition) is 4. The van der Waals surface area contributed by atoms with E-state index in [0.717, 1.165) is 31.5 Å². The quantitative estimate of drug-likeness (QED) is 0.768. The highest BCUT2D eigenvalue weighted by Crippen LogP contribution is 2.38. The van der Waals surface area contributed by atoms with Crippen molar-refractivity contribution in [1.82, 2.24) is 10.2 Å². The Balaban J connectivity index is 1.47. The number of benzene rings is 2. The molecule has 0 spiro atoms. The van der Waals surface area contributed by atoms with Crippen molar-refractivity contribution in [3.8, 4) is 11.5 Å². The maximum absolute atomic E-state index is 13.0. The van der Waals surface area contributed by atoms with Crippen LogP contribution in [0.1, 0.15) is 24.0 Å². The van der Waals surface area contributed by atoms with Crippen molar-refractivity contribution in [3.63, 3.8) is 0 Å². The minimum absolute atomic E-state index is 0.0232. The molecular weight excluding hydrogens is 404 g/mol. The molecule has 1 N–H and O–H groups in total. The summed E-state index contributed by atoms with van der Waals surface area (Å²) in [5.41, 5.74) is 1.73. The van der Waals surface area contributed by atoms with Crippen molar-refractivity contribution in [2.24, 2.45) is 0 Å². The van der Waals surface area contributed by atoms with Crippen LogP contribution in [0.4, 0.5) is 0 Å². The Kier molecular flexibility index (Phi) is 6.43. The SMILES string of the molecule is O=C(Cc1cc(Cl)c2c(c1)OCCO2)NC(Cc1ccccc1)C(=O)N1CCCC1. The highest BCUT2D eigenvalue weighted by atomic mass is 35.5. The number of hydrogen-bond donors (Lipinski definition) is 1. The van der Waals surface area contributed by atoms with Crippen LogP contribution in [0.5, 0.6) is 11.5 Å². The molecule has 1 atom stereocenters. The monoisotopic (exact) mass is 428 g/mol. The lowest BCUT2D eigenvalue weighted by Gasteiger charge is -2.24. The van der Waals surface area contributed by atoms with Gasteiger partial charge < -0.3 is 19.7 Å². The van der Waals surface area contributed by atoms with E-state index in [9.17, 15) is 9.59 Å². The number of carbonyl (C=O) groups excluding carboxylic acids is 2. The van der Waals surface area contributed by atoms with Gasteiger partial charge in [0.15, 0.2) is 11.5 Å². The van der Waals surface area contributed by atoms with Crippen LogP contribution in [0.3, 0.4) is 0 Å². The minimum Gasteiger partial charge on any atom is -0.486 e. The molecule has 2 aliphatic rings. The summed E-state index contributed by atoms with van der Waals surface area (Å²) in [6, 6.07) is 12.6. The largest absolute Gasteiger partial charge is 0.486 e. The average molecular weight is 429 g/mol. The maximum atomic E-state index is 13.0. The smallest absolute Gasteiger partial charge is 0.245 e. The summed E-state index contributed by atoms with van der Waals surface area (Å²) in [6.45, 7) is 2.39. The van der Waals surface area contributed by atoms with Crippen LogP contribution in [0.25, 0.3) is 0 Å². The number of likely N-dealkylation sites (tertiary alicyclic amines) is 1. The van der Waals surface area contributed by atoms with Gasteiger partial charge in [-0.05, 0) is 36.1 Å². The zero-order valence-corrected chi connectivity index (χ0v) is 17.5. The highest BCUT2D eigenvalue weighted by molar-refractivity contribution is 6.32. The van der Waals surface area contributed by atoms with Crippen LogP contribution < -0.4 is 14.8 Å². The molecule has 0 saturated carbocycles. The zero-order valence-electron chi connectivity index (χ0n) is 16.7. The fraction of sp³-hybridized carbons (Fsp3) is 0.391. The molecule has 7 heteroatoms. The lowest BCUT2D eigenvalue weighted by molar-refractivity contribution is -0.135. The fourth-order valence-corrected chi connectivity index (χ4v) is 4.19. The van der Waals surface area contributed by atoms with Crippen molar-refractivity contribution in [2.75, 3.05) is 26.3 Å². The molecule has 1 saturated heterocycles. The Morgan fingerprint density at radius 2 is 1.77 bits per heavy atom. The molecule has 2 amide bonds. The lowest BCUT2D eigenvalue weighted by Crippen LogP contribution is -2.49. The second-order valence-corrected chi connectivity index (χ2v) is 8.03. The molecule has 4 rings (SSSR count). The van der Waals surface area contributed by atoms with Crippen LogP contribution in [-0.2, 0) is 22.4 Å². The summed E-state index contributed by atoms with van der Waals surface area (Å²) < 4.78 is 11.1. The second-order valence-electron chi connectivity index (χ2n) is 7.62. The average Bonchev–Trinajstić information content (AvgIpc) is 3.28.